The number of urea groups is 1. The van der Waals surface area contributed by atoms with Crippen LogP contribution in [0.25, 0.3) is 0 Å². The summed E-state index contributed by atoms with van der Waals surface area (Å²) < 4.78 is 33.2. The van der Waals surface area contributed by atoms with E-state index >= 15 is 0 Å². The van der Waals surface area contributed by atoms with Gasteiger partial charge in [-0.25, -0.2) is 17.9 Å². The second-order valence-corrected chi connectivity index (χ2v) is 7.86. The minimum atomic E-state index is -4.24. The van der Waals surface area contributed by atoms with Gasteiger partial charge >= 0.3 is 6.03 Å². The molecule has 0 aliphatic rings. The fourth-order valence-electron chi connectivity index (χ4n) is 2.45. The van der Waals surface area contributed by atoms with Crippen molar-refractivity contribution >= 4 is 16.1 Å². The zero-order valence-electron chi connectivity index (χ0n) is 15.9. The predicted molar refractivity (Wildman–Crippen MR) is 106 cm³/mol. The third-order valence-electron chi connectivity index (χ3n) is 3.97. The van der Waals surface area contributed by atoms with Crippen LogP contribution < -0.4 is 14.8 Å². The molecule has 0 saturated heterocycles. The first-order valence-electron chi connectivity index (χ1n) is 8.95. The van der Waals surface area contributed by atoms with Crippen molar-refractivity contribution in [1.82, 2.24) is 10.0 Å². The number of hydrogen-bond donors (Lipinski definition) is 2. The smallest absolute Gasteiger partial charge is 0.328 e. The van der Waals surface area contributed by atoms with Crippen molar-refractivity contribution in [3.8, 4) is 17.6 Å². The molecule has 0 unspecified atom stereocenters. The number of aryl methyl sites for hydroxylation is 1. The second-order valence-electron chi connectivity index (χ2n) is 6.21. The first kappa shape index (κ1) is 21.3. The molecular formula is C20H23N3O4S. The molecule has 0 bridgehead atoms. The molecule has 0 saturated carbocycles. The molecule has 28 heavy (non-hydrogen) atoms. The average Bonchev–Trinajstić information content (AvgIpc) is 2.67. The zero-order chi connectivity index (χ0) is 20.6. The Morgan fingerprint density at radius 1 is 1.14 bits per heavy atom. The Kier molecular flexibility index (Phi) is 7.41. The van der Waals surface area contributed by atoms with Crippen LogP contribution in [0.4, 0.5) is 4.79 Å². The maximum atomic E-state index is 12.7. The number of nitrogens with zero attached hydrogens (tertiary/aromatic N) is 1. The van der Waals surface area contributed by atoms with Crippen molar-refractivity contribution in [3.05, 3.63) is 53.6 Å². The Hall–Kier alpha value is -3.05. The Morgan fingerprint density at radius 2 is 1.89 bits per heavy atom. The molecule has 0 fully saturated rings. The van der Waals surface area contributed by atoms with Crippen LogP contribution in [0, 0.1) is 18.3 Å². The van der Waals surface area contributed by atoms with E-state index in [9.17, 15) is 13.2 Å². The Balaban J connectivity index is 2.27. The molecule has 0 aliphatic carbocycles. The number of carbonyl (C=O) groups is 1. The van der Waals surface area contributed by atoms with E-state index in [0.29, 0.717) is 12.3 Å². The van der Waals surface area contributed by atoms with Gasteiger partial charge in [0.15, 0.2) is 0 Å². The fraction of sp³-hybridized carbons (Fsp3) is 0.300. The van der Waals surface area contributed by atoms with Crippen LogP contribution in [0.5, 0.6) is 11.5 Å². The minimum absolute atomic E-state index is 0.0274. The predicted octanol–water partition coefficient (Wildman–Crippen LogP) is 3.84. The molecule has 2 rings (SSSR count). The van der Waals surface area contributed by atoms with Crippen LogP contribution in [0.3, 0.4) is 0 Å². The summed E-state index contributed by atoms with van der Waals surface area (Å²) in [5.74, 6) is 0.507. The number of nitrogens with one attached hydrogen (secondary N) is 2. The number of ether oxygens (including phenoxy) is 1. The Labute approximate surface area is 165 Å². The van der Waals surface area contributed by atoms with Crippen LogP contribution in [0.2, 0.25) is 0 Å². The van der Waals surface area contributed by atoms with E-state index in [1.165, 1.54) is 18.2 Å². The van der Waals surface area contributed by atoms with Crippen molar-refractivity contribution < 1.29 is 17.9 Å². The van der Waals surface area contributed by atoms with Gasteiger partial charge < -0.3 is 10.1 Å². The van der Waals surface area contributed by atoms with E-state index in [1.807, 2.05) is 36.8 Å². The molecule has 0 aliphatic heterocycles. The molecule has 2 aromatic rings. The van der Waals surface area contributed by atoms with Crippen LogP contribution in [0.15, 0.2) is 47.4 Å². The number of sulfonamides is 1. The summed E-state index contributed by atoms with van der Waals surface area (Å²) in [7, 11) is -4.24. The third-order valence-corrected chi connectivity index (χ3v) is 5.32. The first-order chi connectivity index (χ1) is 13.4. The lowest BCUT2D eigenvalue weighted by molar-refractivity contribution is 0.245. The van der Waals surface area contributed by atoms with Gasteiger partial charge in [-0.3, -0.25) is 0 Å². The summed E-state index contributed by atoms with van der Waals surface area (Å²) in [4.78, 5) is 11.7. The van der Waals surface area contributed by atoms with Crippen LogP contribution >= 0.6 is 0 Å². The highest BCUT2D eigenvalue weighted by atomic mass is 32.2. The van der Waals surface area contributed by atoms with Gasteiger partial charge in [-0.1, -0.05) is 38.0 Å². The van der Waals surface area contributed by atoms with Gasteiger partial charge in [0, 0.05) is 6.54 Å². The van der Waals surface area contributed by atoms with Gasteiger partial charge in [0.2, 0.25) is 0 Å². The van der Waals surface area contributed by atoms with Gasteiger partial charge in [0.25, 0.3) is 10.0 Å². The SMILES string of the molecule is CCCCCNC(=O)NS(=O)(=O)c1cc(C#N)ccc1Oc1ccccc1C. The third kappa shape index (κ3) is 5.72. The van der Waals surface area contributed by atoms with E-state index in [4.69, 9.17) is 10.00 Å². The second kappa shape index (κ2) is 9.76. The van der Waals surface area contributed by atoms with Crippen molar-refractivity contribution in [1.29, 1.82) is 5.26 Å². The highest BCUT2D eigenvalue weighted by Crippen LogP contribution is 2.31. The van der Waals surface area contributed by atoms with Crippen molar-refractivity contribution in [2.24, 2.45) is 0 Å². The summed E-state index contributed by atoms with van der Waals surface area (Å²) >= 11 is 0. The molecule has 0 heterocycles. The number of rotatable bonds is 8. The summed E-state index contributed by atoms with van der Waals surface area (Å²) in [6.45, 7) is 4.23. The van der Waals surface area contributed by atoms with Crippen LogP contribution in [-0.2, 0) is 10.0 Å². The number of benzene rings is 2. The fourth-order valence-corrected chi connectivity index (χ4v) is 3.53. The normalized spacial score (nSPS) is 10.8. The van der Waals surface area contributed by atoms with Gasteiger partial charge in [-0.2, -0.15) is 5.26 Å². The quantitative estimate of drug-likeness (QED) is 0.653. The number of amides is 2. The molecule has 0 aromatic heterocycles. The largest absolute Gasteiger partial charge is 0.456 e. The highest BCUT2D eigenvalue weighted by Gasteiger charge is 2.23. The van der Waals surface area contributed by atoms with Gasteiger partial charge in [-0.05, 0) is 43.2 Å². The number of carbonyl (C=O) groups excluding carboxylic acids is 1. The van der Waals surface area contributed by atoms with E-state index in [0.717, 1.165) is 24.8 Å². The van der Waals surface area contributed by atoms with E-state index in [1.54, 1.807) is 12.1 Å². The maximum Gasteiger partial charge on any atom is 0.328 e. The molecule has 7 nitrogen and oxygen atoms in total. The zero-order valence-corrected chi connectivity index (χ0v) is 16.7. The van der Waals surface area contributed by atoms with Gasteiger partial charge in [-0.15, -0.1) is 0 Å². The topological polar surface area (TPSA) is 108 Å². The lowest BCUT2D eigenvalue weighted by atomic mass is 10.2. The van der Waals surface area contributed by atoms with Crippen molar-refractivity contribution in [3.63, 3.8) is 0 Å². The standard InChI is InChI=1S/C20H23N3O4S/c1-3-4-7-12-22-20(24)23-28(25,26)19-13-16(14-21)10-11-18(19)27-17-9-6-5-8-15(17)2/h5-6,8-11,13H,3-4,7,12H2,1-2H3,(H2,22,23,24). The van der Waals surface area contributed by atoms with Crippen LogP contribution in [-0.4, -0.2) is 21.0 Å². The lowest BCUT2D eigenvalue weighted by Crippen LogP contribution is -2.39. The van der Waals surface area contributed by atoms with Crippen molar-refractivity contribution in [2.45, 2.75) is 38.0 Å². The number of hydrogen-bond acceptors (Lipinski definition) is 5. The monoisotopic (exact) mass is 401 g/mol. The minimum Gasteiger partial charge on any atom is -0.456 e. The average molecular weight is 401 g/mol. The first-order valence-corrected chi connectivity index (χ1v) is 10.4. The molecule has 0 spiro atoms. The Morgan fingerprint density at radius 3 is 2.57 bits per heavy atom. The summed E-state index contributed by atoms with van der Waals surface area (Å²) in [6, 6.07) is 12.3. The maximum absolute atomic E-state index is 12.7. The van der Waals surface area contributed by atoms with E-state index < -0.39 is 16.1 Å². The number of unbranched alkanes of at least 4 members (excludes halogenated alkanes) is 2. The molecular weight excluding hydrogens is 378 g/mol. The molecule has 0 radical (unpaired) electrons. The van der Waals surface area contributed by atoms with Gasteiger partial charge in [0.1, 0.15) is 16.4 Å². The molecule has 148 valence electrons. The molecule has 0 atom stereocenters. The molecule has 2 aromatic carbocycles. The summed E-state index contributed by atoms with van der Waals surface area (Å²) in [6.07, 6.45) is 2.68. The molecule has 2 amide bonds. The van der Waals surface area contributed by atoms with Gasteiger partial charge in [0.05, 0.1) is 11.6 Å². The lowest BCUT2D eigenvalue weighted by Gasteiger charge is -2.14. The number of nitriles is 1. The number of para-hydroxylation sites is 1. The van der Waals surface area contributed by atoms with Crippen molar-refractivity contribution in [2.75, 3.05) is 6.54 Å². The Bertz CT molecular complexity index is 981. The van der Waals surface area contributed by atoms with E-state index in [-0.39, 0.29) is 16.2 Å². The summed E-state index contributed by atoms with van der Waals surface area (Å²) in [5, 5.41) is 11.6. The molecule has 8 heteroatoms. The molecule has 2 N–H and O–H groups in total. The summed E-state index contributed by atoms with van der Waals surface area (Å²) in [5.41, 5.74) is 0.956. The van der Waals surface area contributed by atoms with Crippen LogP contribution in [0.1, 0.15) is 37.3 Å². The van der Waals surface area contributed by atoms with E-state index in [2.05, 4.69) is 5.32 Å². The highest BCUT2D eigenvalue weighted by molar-refractivity contribution is 7.90.